The molecule has 0 aliphatic carbocycles. The molecule has 6 heteroatoms. The molecule has 0 bridgehead atoms. The fraction of sp³-hybridized carbons (Fsp3) is 0.727. The van der Waals surface area contributed by atoms with Crippen molar-refractivity contribution in [3.8, 4) is 0 Å². The molecule has 0 saturated heterocycles. The lowest BCUT2D eigenvalue weighted by Gasteiger charge is -2.24. The third-order valence-corrected chi connectivity index (χ3v) is 4.65. The number of hydrogen-bond acceptors (Lipinski definition) is 3. The van der Waals surface area contributed by atoms with Gasteiger partial charge in [0.05, 0.1) is 6.20 Å². The first-order valence-electron chi connectivity index (χ1n) is 5.74. The van der Waals surface area contributed by atoms with Gasteiger partial charge in [0.25, 0.3) is 10.0 Å². The fourth-order valence-corrected chi connectivity index (χ4v) is 3.08. The van der Waals surface area contributed by atoms with Crippen LogP contribution in [0.25, 0.3) is 0 Å². The first kappa shape index (κ1) is 14.2. The minimum absolute atomic E-state index is 0.0244. The molecule has 0 radical (unpaired) electrons. The number of sulfonamides is 1. The summed E-state index contributed by atoms with van der Waals surface area (Å²) in [6, 6.07) is -0.0244. The minimum atomic E-state index is -3.45. The Morgan fingerprint density at radius 1 is 1.41 bits per heavy atom. The molecule has 1 aromatic heterocycles. The Labute approximate surface area is 103 Å². The zero-order valence-corrected chi connectivity index (χ0v) is 11.9. The molecule has 0 spiro atoms. The standard InChI is InChI=1S/C11H21N3O2S/c1-8(2)6-9(3)14(5)17(15,16)11-7-12-10(4)13-11/h7-9H,6H2,1-5H3,(H,12,13). The van der Waals surface area contributed by atoms with Crippen LogP contribution in [0.15, 0.2) is 11.2 Å². The van der Waals surface area contributed by atoms with Crippen LogP contribution in [0.5, 0.6) is 0 Å². The Kier molecular flexibility index (Phi) is 4.32. The van der Waals surface area contributed by atoms with Gasteiger partial charge in [0.15, 0.2) is 5.03 Å². The van der Waals surface area contributed by atoms with Crippen molar-refractivity contribution in [1.29, 1.82) is 0 Å². The van der Waals surface area contributed by atoms with Gasteiger partial charge in [-0.3, -0.25) is 0 Å². The van der Waals surface area contributed by atoms with Crippen LogP contribution >= 0.6 is 0 Å². The third-order valence-electron chi connectivity index (χ3n) is 2.77. The molecule has 0 aliphatic rings. The maximum Gasteiger partial charge on any atom is 0.260 e. The number of aryl methyl sites for hydroxylation is 1. The van der Waals surface area contributed by atoms with Gasteiger partial charge in [0, 0.05) is 13.1 Å². The highest BCUT2D eigenvalue weighted by Gasteiger charge is 2.27. The topological polar surface area (TPSA) is 66.1 Å². The summed E-state index contributed by atoms with van der Waals surface area (Å²) in [5.41, 5.74) is 0. The average Bonchev–Trinajstić information content (AvgIpc) is 2.63. The monoisotopic (exact) mass is 259 g/mol. The van der Waals surface area contributed by atoms with Crippen LogP contribution in [0.1, 0.15) is 33.0 Å². The molecule has 0 fully saturated rings. The molecular weight excluding hydrogens is 238 g/mol. The van der Waals surface area contributed by atoms with Crippen molar-refractivity contribution in [3.63, 3.8) is 0 Å². The smallest absolute Gasteiger partial charge is 0.260 e. The van der Waals surface area contributed by atoms with Gasteiger partial charge in [-0.25, -0.2) is 13.4 Å². The normalized spacial score (nSPS) is 14.5. The van der Waals surface area contributed by atoms with Crippen molar-refractivity contribution < 1.29 is 8.42 Å². The number of nitrogens with zero attached hydrogens (tertiary/aromatic N) is 2. The first-order chi connectivity index (χ1) is 7.75. The lowest BCUT2D eigenvalue weighted by atomic mass is 10.1. The average molecular weight is 259 g/mol. The Morgan fingerprint density at radius 2 is 2.00 bits per heavy atom. The lowest BCUT2D eigenvalue weighted by molar-refractivity contribution is 0.337. The summed E-state index contributed by atoms with van der Waals surface area (Å²) in [4.78, 5) is 6.69. The number of imidazole rings is 1. The fourth-order valence-electron chi connectivity index (χ4n) is 1.75. The van der Waals surface area contributed by atoms with Crippen molar-refractivity contribution in [2.75, 3.05) is 7.05 Å². The molecule has 98 valence electrons. The summed E-state index contributed by atoms with van der Waals surface area (Å²) in [7, 11) is -1.84. The van der Waals surface area contributed by atoms with Crippen LogP contribution in [0.3, 0.4) is 0 Å². The summed E-state index contributed by atoms with van der Waals surface area (Å²) >= 11 is 0. The number of hydrogen-bond donors (Lipinski definition) is 1. The Morgan fingerprint density at radius 3 is 2.41 bits per heavy atom. The molecule has 17 heavy (non-hydrogen) atoms. The van der Waals surface area contributed by atoms with Crippen LogP contribution < -0.4 is 0 Å². The highest BCUT2D eigenvalue weighted by Crippen LogP contribution is 2.18. The number of nitrogens with one attached hydrogen (secondary N) is 1. The maximum atomic E-state index is 12.2. The molecule has 1 N–H and O–H groups in total. The number of rotatable bonds is 5. The van der Waals surface area contributed by atoms with Crippen molar-refractivity contribution in [1.82, 2.24) is 14.3 Å². The van der Waals surface area contributed by atoms with Crippen LogP contribution in [0, 0.1) is 12.8 Å². The predicted molar refractivity (Wildman–Crippen MR) is 67.2 cm³/mol. The van der Waals surface area contributed by atoms with Gasteiger partial charge < -0.3 is 4.98 Å². The van der Waals surface area contributed by atoms with E-state index in [4.69, 9.17) is 0 Å². The summed E-state index contributed by atoms with van der Waals surface area (Å²) in [5, 5.41) is 0.160. The second kappa shape index (κ2) is 5.18. The van der Waals surface area contributed by atoms with Crippen LogP contribution in [0.4, 0.5) is 0 Å². The van der Waals surface area contributed by atoms with E-state index in [1.165, 1.54) is 10.5 Å². The molecule has 1 aromatic rings. The zero-order chi connectivity index (χ0) is 13.2. The molecule has 1 rings (SSSR count). The lowest BCUT2D eigenvalue weighted by Crippen LogP contribution is -2.36. The summed E-state index contributed by atoms with van der Waals surface area (Å²) in [6.45, 7) is 7.81. The van der Waals surface area contributed by atoms with Crippen LogP contribution in [-0.4, -0.2) is 35.8 Å². The molecule has 5 nitrogen and oxygen atoms in total. The molecule has 1 atom stereocenters. The van der Waals surface area contributed by atoms with Crippen molar-refractivity contribution in [2.24, 2.45) is 5.92 Å². The summed E-state index contributed by atoms with van der Waals surface area (Å²) < 4.78 is 25.8. The van der Waals surface area contributed by atoms with E-state index in [0.717, 1.165) is 6.42 Å². The Hall–Kier alpha value is -0.880. The molecule has 1 unspecified atom stereocenters. The Bertz CT molecular complexity index is 465. The van der Waals surface area contributed by atoms with Crippen molar-refractivity contribution in [3.05, 3.63) is 12.0 Å². The second-order valence-corrected chi connectivity index (χ2v) is 6.80. The quantitative estimate of drug-likeness (QED) is 0.876. The van der Waals surface area contributed by atoms with Gasteiger partial charge in [0.1, 0.15) is 5.82 Å². The molecule has 0 aliphatic heterocycles. The second-order valence-electron chi connectivity index (χ2n) is 4.83. The zero-order valence-electron chi connectivity index (χ0n) is 11.1. The predicted octanol–water partition coefficient (Wildman–Crippen LogP) is 1.77. The molecule has 0 saturated carbocycles. The van der Waals surface area contributed by atoms with Gasteiger partial charge in [-0.1, -0.05) is 13.8 Å². The number of H-pyrrole nitrogens is 1. The van der Waals surface area contributed by atoms with E-state index < -0.39 is 10.0 Å². The minimum Gasteiger partial charge on any atom is -0.332 e. The first-order valence-corrected chi connectivity index (χ1v) is 7.18. The summed E-state index contributed by atoms with van der Waals surface area (Å²) in [6.07, 6.45) is 2.20. The van der Waals surface area contributed by atoms with E-state index in [-0.39, 0.29) is 11.1 Å². The largest absolute Gasteiger partial charge is 0.332 e. The third kappa shape index (κ3) is 3.29. The van der Waals surface area contributed by atoms with Crippen molar-refractivity contribution in [2.45, 2.75) is 45.2 Å². The molecular formula is C11H21N3O2S. The van der Waals surface area contributed by atoms with Crippen molar-refractivity contribution >= 4 is 10.0 Å². The van der Waals surface area contributed by atoms with E-state index in [1.807, 2.05) is 6.92 Å². The number of aromatic nitrogens is 2. The van der Waals surface area contributed by atoms with Gasteiger partial charge in [-0.05, 0) is 26.2 Å². The van der Waals surface area contributed by atoms with E-state index >= 15 is 0 Å². The summed E-state index contributed by atoms with van der Waals surface area (Å²) in [5.74, 6) is 1.07. The highest BCUT2D eigenvalue weighted by atomic mass is 32.2. The van der Waals surface area contributed by atoms with Gasteiger partial charge in [-0.15, -0.1) is 0 Å². The van der Waals surface area contributed by atoms with Crippen LogP contribution in [-0.2, 0) is 10.0 Å². The van der Waals surface area contributed by atoms with E-state index in [1.54, 1.807) is 14.0 Å². The van der Waals surface area contributed by atoms with E-state index in [9.17, 15) is 8.42 Å². The highest BCUT2D eigenvalue weighted by molar-refractivity contribution is 7.89. The SMILES string of the molecule is Cc1ncc(S(=O)(=O)N(C)C(C)CC(C)C)[nH]1. The Balaban J connectivity index is 2.91. The van der Waals surface area contributed by atoms with E-state index in [2.05, 4.69) is 23.8 Å². The van der Waals surface area contributed by atoms with Crippen LogP contribution in [0.2, 0.25) is 0 Å². The molecule has 0 aromatic carbocycles. The van der Waals surface area contributed by atoms with Gasteiger partial charge in [0.2, 0.25) is 0 Å². The maximum absolute atomic E-state index is 12.2. The molecule has 0 amide bonds. The molecule has 1 heterocycles. The number of aromatic amines is 1. The van der Waals surface area contributed by atoms with E-state index in [0.29, 0.717) is 11.7 Å². The van der Waals surface area contributed by atoms with Gasteiger partial charge >= 0.3 is 0 Å². The van der Waals surface area contributed by atoms with Gasteiger partial charge in [-0.2, -0.15) is 4.31 Å².